The van der Waals surface area contributed by atoms with Gasteiger partial charge in [-0.2, -0.15) is 0 Å². The summed E-state index contributed by atoms with van der Waals surface area (Å²) in [6, 6.07) is 8.84. The molecule has 0 bridgehead atoms. The normalized spacial score (nSPS) is 16.9. The van der Waals surface area contributed by atoms with Crippen LogP contribution in [0, 0.1) is 6.92 Å². The van der Waals surface area contributed by atoms with Crippen molar-refractivity contribution in [2.45, 2.75) is 38.8 Å². The second-order valence-electron chi connectivity index (χ2n) is 7.31. The summed E-state index contributed by atoms with van der Waals surface area (Å²) in [7, 11) is 6.24. The molecule has 1 aliphatic heterocycles. The van der Waals surface area contributed by atoms with Crippen molar-refractivity contribution in [1.82, 2.24) is 24.6 Å². The smallest absolute Gasteiger partial charge is 0.146 e. The average Bonchev–Trinajstić information content (AvgIpc) is 2.89. The van der Waals surface area contributed by atoms with Gasteiger partial charge in [0.25, 0.3) is 0 Å². The topological polar surface area (TPSA) is 37.2 Å². The van der Waals surface area contributed by atoms with E-state index in [-0.39, 0.29) is 0 Å². The molecule has 0 amide bonds. The van der Waals surface area contributed by atoms with Crippen LogP contribution in [0.25, 0.3) is 0 Å². The van der Waals surface area contributed by atoms with Gasteiger partial charge >= 0.3 is 0 Å². The minimum absolute atomic E-state index is 0.534. The van der Waals surface area contributed by atoms with Crippen molar-refractivity contribution in [2.24, 2.45) is 7.05 Å². The lowest BCUT2D eigenvalue weighted by Gasteiger charge is -2.31. The van der Waals surface area contributed by atoms with Crippen LogP contribution in [-0.2, 0) is 20.1 Å². The zero-order chi connectivity index (χ0) is 17.1. The fraction of sp³-hybridized carbons (Fsp3) is 0.579. The number of rotatable bonds is 5. The van der Waals surface area contributed by atoms with Crippen LogP contribution in [0.15, 0.2) is 24.3 Å². The minimum Gasteiger partial charge on any atom is -0.317 e. The fourth-order valence-electron chi connectivity index (χ4n) is 3.57. The Balaban J connectivity index is 1.58. The number of hydrogen-bond donors (Lipinski definition) is 0. The molecule has 5 nitrogen and oxygen atoms in total. The molecule has 24 heavy (non-hydrogen) atoms. The molecular weight excluding hydrogens is 298 g/mol. The van der Waals surface area contributed by atoms with Gasteiger partial charge in [-0.3, -0.25) is 4.90 Å². The highest BCUT2D eigenvalue weighted by atomic mass is 15.3. The predicted octanol–water partition coefficient (Wildman–Crippen LogP) is 2.56. The molecule has 0 aliphatic carbocycles. The minimum atomic E-state index is 0.534. The molecule has 2 aromatic rings. The number of likely N-dealkylation sites (tertiary alicyclic amines) is 1. The molecule has 1 aromatic carbocycles. The van der Waals surface area contributed by atoms with Gasteiger partial charge in [0, 0.05) is 19.5 Å². The molecule has 0 saturated carbocycles. The molecule has 0 unspecified atom stereocenters. The van der Waals surface area contributed by atoms with E-state index in [0.29, 0.717) is 5.92 Å². The predicted molar refractivity (Wildman–Crippen MR) is 96.8 cm³/mol. The average molecular weight is 327 g/mol. The second kappa shape index (κ2) is 7.45. The molecule has 130 valence electrons. The van der Waals surface area contributed by atoms with Crippen molar-refractivity contribution >= 4 is 0 Å². The van der Waals surface area contributed by atoms with E-state index in [1.165, 1.54) is 24.0 Å². The maximum atomic E-state index is 4.48. The lowest BCUT2D eigenvalue weighted by molar-refractivity contribution is 0.200. The molecule has 0 radical (unpaired) electrons. The van der Waals surface area contributed by atoms with Crippen molar-refractivity contribution in [3.8, 4) is 0 Å². The fourth-order valence-corrected chi connectivity index (χ4v) is 3.57. The van der Waals surface area contributed by atoms with E-state index in [1.54, 1.807) is 0 Å². The third kappa shape index (κ3) is 4.02. The molecule has 0 spiro atoms. The lowest BCUT2D eigenvalue weighted by atomic mass is 9.95. The number of nitrogens with zero attached hydrogens (tertiary/aromatic N) is 5. The van der Waals surface area contributed by atoms with Crippen LogP contribution in [0.3, 0.4) is 0 Å². The van der Waals surface area contributed by atoms with Crippen LogP contribution in [-0.4, -0.2) is 51.7 Å². The Bertz CT molecular complexity index is 668. The van der Waals surface area contributed by atoms with Crippen LogP contribution in [0.2, 0.25) is 0 Å². The van der Waals surface area contributed by atoms with Gasteiger partial charge in [-0.25, -0.2) is 0 Å². The van der Waals surface area contributed by atoms with Gasteiger partial charge in [-0.1, -0.05) is 29.8 Å². The summed E-state index contributed by atoms with van der Waals surface area (Å²) in [5, 5.41) is 8.87. The molecule has 1 saturated heterocycles. The quantitative estimate of drug-likeness (QED) is 0.846. The number of hydrogen-bond acceptors (Lipinski definition) is 4. The summed E-state index contributed by atoms with van der Waals surface area (Å²) in [4.78, 5) is 4.70. The van der Waals surface area contributed by atoms with Crippen molar-refractivity contribution in [3.63, 3.8) is 0 Å². The first-order chi connectivity index (χ1) is 11.5. The number of piperidine rings is 1. The van der Waals surface area contributed by atoms with Crippen molar-refractivity contribution in [1.29, 1.82) is 0 Å². The van der Waals surface area contributed by atoms with Gasteiger partial charge in [0.15, 0.2) is 0 Å². The molecule has 3 rings (SSSR count). The first-order valence-electron chi connectivity index (χ1n) is 8.83. The monoisotopic (exact) mass is 327 g/mol. The SMILES string of the molecule is Cc1cccc(CN2CCC(c3nnc(CN(C)C)n3C)CC2)c1. The standard InChI is InChI=1S/C19H29N5/c1-15-6-5-7-16(12-15)13-24-10-8-17(9-11-24)19-21-20-18(23(19)4)14-22(2)3/h5-7,12,17H,8-11,13-14H2,1-4H3. The van der Waals surface area contributed by atoms with E-state index < -0.39 is 0 Å². The van der Waals surface area contributed by atoms with Crippen LogP contribution < -0.4 is 0 Å². The van der Waals surface area contributed by atoms with Crippen LogP contribution in [0.5, 0.6) is 0 Å². The second-order valence-corrected chi connectivity index (χ2v) is 7.31. The molecule has 1 aromatic heterocycles. The van der Waals surface area contributed by atoms with Gasteiger partial charge in [-0.05, 0) is 52.5 Å². The number of benzene rings is 1. The van der Waals surface area contributed by atoms with Crippen LogP contribution in [0.4, 0.5) is 0 Å². The Morgan fingerprint density at radius 3 is 2.58 bits per heavy atom. The van der Waals surface area contributed by atoms with Gasteiger partial charge in [-0.15, -0.1) is 10.2 Å². The van der Waals surface area contributed by atoms with Gasteiger partial charge in [0.05, 0.1) is 6.54 Å². The lowest BCUT2D eigenvalue weighted by Crippen LogP contribution is -2.33. The van der Waals surface area contributed by atoms with Crippen molar-refractivity contribution in [2.75, 3.05) is 27.2 Å². The van der Waals surface area contributed by atoms with Crippen LogP contribution in [0.1, 0.15) is 41.5 Å². The van der Waals surface area contributed by atoms with Crippen LogP contribution >= 0.6 is 0 Å². The molecule has 0 N–H and O–H groups in total. The van der Waals surface area contributed by atoms with E-state index in [1.807, 2.05) is 0 Å². The zero-order valence-electron chi connectivity index (χ0n) is 15.4. The summed E-state index contributed by atoms with van der Waals surface area (Å²) >= 11 is 0. The Morgan fingerprint density at radius 1 is 1.17 bits per heavy atom. The summed E-state index contributed by atoms with van der Waals surface area (Å²) in [5.74, 6) is 2.74. The summed E-state index contributed by atoms with van der Waals surface area (Å²) in [6.45, 7) is 6.33. The zero-order valence-corrected chi connectivity index (χ0v) is 15.4. The maximum absolute atomic E-state index is 4.48. The van der Waals surface area contributed by atoms with E-state index >= 15 is 0 Å². The van der Waals surface area contributed by atoms with Gasteiger partial charge in [0.1, 0.15) is 11.6 Å². The number of aromatic nitrogens is 3. The summed E-state index contributed by atoms with van der Waals surface area (Å²) in [5.41, 5.74) is 2.76. The van der Waals surface area contributed by atoms with E-state index in [2.05, 4.69) is 76.9 Å². The molecule has 1 aliphatic rings. The first kappa shape index (κ1) is 17.1. The van der Waals surface area contributed by atoms with E-state index in [0.717, 1.165) is 37.8 Å². The van der Waals surface area contributed by atoms with E-state index in [4.69, 9.17) is 0 Å². The third-order valence-electron chi connectivity index (χ3n) is 4.90. The highest BCUT2D eigenvalue weighted by Gasteiger charge is 2.25. The van der Waals surface area contributed by atoms with Gasteiger partial charge < -0.3 is 9.47 Å². The Labute approximate surface area is 145 Å². The maximum Gasteiger partial charge on any atom is 0.146 e. The summed E-state index contributed by atoms with van der Waals surface area (Å²) in [6.07, 6.45) is 2.33. The Kier molecular flexibility index (Phi) is 5.31. The molecule has 5 heteroatoms. The van der Waals surface area contributed by atoms with Crippen molar-refractivity contribution in [3.05, 3.63) is 47.0 Å². The molecular formula is C19H29N5. The highest BCUT2D eigenvalue weighted by Crippen LogP contribution is 2.27. The Morgan fingerprint density at radius 2 is 1.92 bits per heavy atom. The highest BCUT2D eigenvalue weighted by molar-refractivity contribution is 5.22. The molecule has 0 atom stereocenters. The largest absolute Gasteiger partial charge is 0.317 e. The van der Waals surface area contributed by atoms with Gasteiger partial charge in [0.2, 0.25) is 0 Å². The third-order valence-corrected chi connectivity index (χ3v) is 4.90. The summed E-state index contributed by atoms with van der Waals surface area (Å²) < 4.78 is 2.20. The van der Waals surface area contributed by atoms with Crippen molar-refractivity contribution < 1.29 is 0 Å². The number of aryl methyl sites for hydroxylation is 1. The Hall–Kier alpha value is -1.72. The molecule has 1 fully saturated rings. The molecule has 2 heterocycles. The first-order valence-corrected chi connectivity index (χ1v) is 8.83. The van der Waals surface area contributed by atoms with E-state index in [9.17, 15) is 0 Å².